The summed E-state index contributed by atoms with van der Waals surface area (Å²) in [5.41, 5.74) is 0.919. The first-order chi connectivity index (χ1) is 7.83. The summed E-state index contributed by atoms with van der Waals surface area (Å²) in [6, 6.07) is 1.87. The Morgan fingerprint density at radius 1 is 1.38 bits per heavy atom. The molecule has 0 aliphatic carbocycles. The largest absolute Gasteiger partial charge is 0.384 e. The molecule has 0 N–H and O–H groups in total. The highest BCUT2D eigenvalue weighted by Crippen LogP contribution is 2.21. The van der Waals surface area contributed by atoms with E-state index in [0.717, 1.165) is 31.3 Å². The highest BCUT2D eigenvalue weighted by molar-refractivity contribution is 5.34. The van der Waals surface area contributed by atoms with Crippen LogP contribution >= 0.6 is 0 Å². The molecule has 1 saturated heterocycles. The molecule has 0 amide bonds. The van der Waals surface area contributed by atoms with Gasteiger partial charge in [0.05, 0.1) is 18.9 Å². The summed E-state index contributed by atoms with van der Waals surface area (Å²) >= 11 is 0. The lowest BCUT2D eigenvalue weighted by Gasteiger charge is -2.38. The zero-order valence-electron chi connectivity index (χ0n) is 9.72. The van der Waals surface area contributed by atoms with Gasteiger partial charge in [-0.25, -0.2) is 9.97 Å². The van der Waals surface area contributed by atoms with Crippen LogP contribution in [0.1, 0.15) is 5.69 Å². The molecule has 88 valence electrons. The first-order valence-corrected chi connectivity index (χ1v) is 5.38. The fourth-order valence-electron chi connectivity index (χ4n) is 1.84. The second-order valence-corrected chi connectivity index (χ2v) is 4.01. The summed E-state index contributed by atoms with van der Waals surface area (Å²) < 4.78 is 10.1. The van der Waals surface area contributed by atoms with Crippen LogP contribution in [0.5, 0.6) is 0 Å². The number of ether oxygens (including phenoxy) is 2. The highest BCUT2D eigenvalue weighted by atomic mass is 16.5. The lowest BCUT2D eigenvalue weighted by molar-refractivity contribution is 0.136. The van der Waals surface area contributed by atoms with E-state index in [1.807, 2.05) is 6.07 Å². The Morgan fingerprint density at radius 2 is 2.19 bits per heavy atom. The van der Waals surface area contributed by atoms with E-state index in [2.05, 4.69) is 14.9 Å². The van der Waals surface area contributed by atoms with E-state index in [4.69, 9.17) is 9.47 Å². The van der Waals surface area contributed by atoms with Gasteiger partial charge in [0, 0.05) is 39.4 Å². The lowest BCUT2D eigenvalue weighted by Crippen LogP contribution is -2.49. The van der Waals surface area contributed by atoms with E-state index in [1.54, 1.807) is 20.4 Å². The highest BCUT2D eigenvalue weighted by Gasteiger charge is 2.28. The van der Waals surface area contributed by atoms with Gasteiger partial charge < -0.3 is 14.4 Å². The average molecular weight is 223 g/mol. The summed E-state index contributed by atoms with van der Waals surface area (Å²) in [5, 5.41) is 0. The number of hydrogen-bond donors (Lipinski definition) is 0. The fraction of sp³-hybridized carbons (Fsp3) is 0.636. The molecule has 0 spiro atoms. The molecule has 0 saturated carbocycles. The smallest absolute Gasteiger partial charge is 0.225 e. The molecule has 5 heteroatoms. The van der Waals surface area contributed by atoms with Crippen LogP contribution in [0.2, 0.25) is 0 Å². The topological polar surface area (TPSA) is 47.5 Å². The van der Waals surface area contributed by atoms with Crippen molar-refractivity contribution >= 4 is 5.95 Å². The lowest BCUT2D eigenvalue weighted by atomic mass is 10.0. The van der Waals surface area contributed by atoms with Crippen LogP contribution in [0.3, 0.4) is 0 Å². The molecule has 1 aliphatic heterocycles. The predicted octanol–water partition coefficient (Wildman–Crippen LogP) is 0.706. The summed E-state index contributed by atoms with van der Waals surface area (Å²) in [4.78, 5) is 10.8. The van der Waals surface area contributed by atoms with Crippen molar-refractivity contribution in [3.63, 3.8) is 0 Å². The number of methoxy groups -OCH3 is 2. The number of aromatic nitrogens is 2. The molecule has 0 aromatic carbocycles. The molecule has 0 radical (unpaired) electrons. The average Bonchev–Trinajstić information content (AvgIpc) is 2.24. The monoisotopic (exact) mass is 223 g/mol. The van der Waals surface area contributed by atoms with Crippen molar-refractivity contribution in [2.24, 2.45) is 5.92 Å². The molecule has 2 heterocycles. The van der Waals surface area contributed by atoms with Gasteiger partial charge in [-0.3, -0.25) is 0 Å². The molecule has 1 aliphatic rings. The number of hydrogen-bond acceptors (Lipinski definition) is 5. The normalized spacial score (nSPS) is 16.2. The van der Waals surface area contributed by atoms with Crippen molar-refractivity contribution in [1.82, 2.24) is 9.97 Å². The zero-order chi connectivity index (χ0) is 11.4. The Labute approximate surface area is 95.4 Å². The third-order valence-corrected chi connectivity index (χ3v) is 2.64. The van der Waals surface area contributed by atoms with Gasteiger partial charge in [-0.1, -0.05) is 0 Å². The molecule has 1 fully saturated rings. The summed E-state index contributed by atoms with van der Waals surface area (Å²) in [5.74, 6) is 1.40. The van der Waals surface area contributed by atoms with Gasteiger partial charge in [0.25, 0.3) is 0 Å². The maximum Gasteiger partial charge on any atom is 0.225 e. The molecule has 2 rings (SSSR count). The van der Waals surface area contributed by atoms with Crippen LogP contribution in [0.25, 0.3) is 0 Å². The van der Waals surface area contributed by atoms with Crippen molar-refractivity contribution in [2.75, 3.05) is 38.8 Å². The van der Waals surface area contributed by atoms with E-state index in [9.17, 15) is 0 Å². The third-order valence-electron chi connectivity index (χ3n) is 2.64. The molecule has 1 aromatic heterocycles. The Kier molecular flexibility index (Phi) is 3.69. The molecule has 0 unspecified atom stereocenters. The number of anilines is 1. The van der Waals surface area contributed by atoms with Crippen LogP contribution < -0.4 is 4.90 Å². The van der Waals surface area contributed by atoms with Crippen LogP contribution in [-0.4, -0.2) is 43.9 Å². The third kappa shape index (κ3) is 2.48. The van der Waals surface area contributed by atoms with Crippen molar-refractivity contribution in [2.45, 2.75) is 6.61 Å². The Balaban J connectivity index is 1.92. The van der Waals surface area contributed by atoms with Gasteiger partial charge in [-0.2, -0.15) is 0 Å². The molecule has 16 heavy (non-hydrogen) atoms. The standard InChI is InChI=1S/C11H17N3O2/c1-15-7-9-5-14(6-9)11-12-4-3-10(13-11)8-16-2/h3-4,9H,5-8H2,1-2H3. The SMILES string of the molecule is COCc1ccnc(N2CC(COC)C2)n1. The molecule has 1 aromatic rings. The second kappa shape index (κ2) is 5.23. The minimum Gasteiger partial charge on any atom is -0.384 e. The van der Waals surface area contributed by atoms with E-state index in [1.165, 1.54) is 0 Å². The van der Waals surface area contributed by atoms with Crippen molar-refractivity contribution in [3.05, 3.63) is 18.0 Å². The first-order valence-electron chi connectivity index (χ1n) is 5.38. The Hall–Kier alpha value is -1.20. The molecule has 0 bridgehead atoms. The fourth-order valence-corrected chi connectivity index (χ4v) is 1.84. The Morgan fingerprint density at radius 3 is 2.88 bits per heavy atom. The minimum absolute atomic E-state index is 0.533. The molecule has 5 nitrogen and oxygen atoms in total. The first kappa shape index (κ1) is 11.3. The molecule has 0 atom stereocenters. The van der Waals surface area contributed by atoms with Gasteiger partial charge in [0.2, 0.25) is 5.95 Å². The summed E-state index contributed by atoms with van der Waals surface area (Å²) in [6.45, 7) is 3.30. The zero-order valence-corrected chi connectivity index (χ0v) is 9.72. The van der Waals surface area contributed by atoms with E-state index in [0.29, 0.717) is 12.5 Å². The second-order valence-electron chi connectivity index (χ2n) is 4.01. The Bertz CT molecular complexity index is 340. The molecular weight excluding hydrogens is 206 g/mol. The van der Waals surface area contributed by atoms with Crippen molar-refractivity contribution in [3.8, 4) is 0 Å². The van der Waals surface area contributed by atoms with Gasteiger partial charge in [0.15, 0.2) is 0 Å². The summed E-state index contributed by atoms with van der Waals surface area (Å²) in [7, 11) is 3.40. The summed E-state index contributed by atoms with van der Waals surface area (Å²) in [6.07, 6.45) is 1.78. The maximum atomic E-state index is 5.10. The van der Waals surface area contributed by atoms with Gasteiger partial charge in [-0.15, -0.1) is 0 Å². The van der Waals surface area contributed by atoms with Gasteiger partial charge in [0.1, 0.15) is 0 Å². The van der Waals surface area contributed by atoms with E-state index < -0.39 is 0 Å². The number of rotatable bonds is 5. The van der Waals surface area contributed by atoms with Gasteiger partial charge in [-0.05, 0) is 6.07 Å². The van der Waals surface area contributed by atoms with Crippen molar-refractivity contribution < 1.29 is 9.47 Å². The number of nitrogens with zero attached hydrogens (tertiary/aromatic N) is 3. The quantitative estimate of drug-likeness (QED) is 0.735. The van der Waals surface area contributed by atoms with Crippen molar-refractivity contribution in [1.29, 1.82) is 0 Å². The van der Waals surface area contributed by atoms with E-state index >= 15 is 0 Å². The maximum absolute atomic E-state index is 5.10. The van der Waals surface area contributed by atoms with Crippen LogP contribution in [0, 0.1) is 5.92 Å². The van der Waals surface area contributed by atoms with Gasteiger partial charge >= 0.3 is 0 Å². The van der Waals surface area contributed by atoms with Crippen LogP contribution in [0.4, 0.5) is 5.95 Å². The van der Waals surface area contributed by atoms with Crippen LogP contribution in [0.15, 0.2) is 12.3 Å². The van der Waals surface area contributed by atoms with Crippen LogP contribution in [-0.2, 0) is 16.1 Å². The van der Waals surface area contributed by atoms with E-state index in [-0.39, 0.29) is 0 Å². The predicted molar refractivity (Wildman–Crippen MR) is 60.3 cm³/mol. The molecular formula is C11H17N3O2. The minimum atomic E-state index is 0.533.